The molecule has 0 radical (unpaired) electrons. The first-order valence-electron chi connectivity index (χ1n) is 11.6. The van der Waals surface area contributed by atoms with E-state index in [1.165, 1.54) is 4.68 Å². The smallest absolute Gasteiger partial charge is 0.341 e. The summed E-state index contributed by atoms with van der Waals surface area (Å²) in [6.07, 6.45) is 2.52. The van der Waals surface area contributed by atoms with Crippen molar-refractivity contribution in [1.82, 2.24) is 14.2 Å². The maximum absolute atomic E-state index is 13.4. The highest BCUT2D eigenvalue weighted by atomic mass is 79.9. The van der Waals surface area contributed by atoms with Gasteiger partial charge in [-0.1, -0.05) is 29.8 Å². The minimum absolute atomic E-state index is 0.0530. The van der Waals surface area contributed by atoms with E-state index in [-0.39, 0.29) is 18.1 Å². The molecular weight excluding hydrogens is 524 g/mol. The standard InChI is InChI=1S/C27H27BrN4O4/c1-5-16(2)26-30-24-11-6-20(28)13-23(24)27(35)32(26)29-14-19-12-17(3)31(18(19)4)21-7-9-22(10-8-21)36-15-25(33)34/h6-14,16H,5,15H2,1-4H3,(H,33,34)/t16-/m1/s1. The highest BCUT2D eigenvalue weighted by Crippen LogP contribution is 2.23. The first-order valence-corrected chi connectivity index (χ1v) is 12.4. The van der Waals surface area contributed by atoms with Crippen LogP contribution in [-0.2, 0) is 4.79 Å². The minimum atomic E-state index is -1.02. The lowest BCUT2D eigenvalue weighted by atomic mass is 10.1. The number of carboxylic acid groups (broad SMARTS) is 1. The number of aliphatic carboxylic acids is 1. The van der Waals surface area contributed by atoms with Gasteiger partial charge < -0.3 is 14.4 Å². The zero-order chi connectivity index (χ0) is 26.0. The van der Waals surface area contributed by atoms with Crippen molar-refractivity contribution in [2.45, 2.75) is 40.0 Å². The predicted molar refractivity (Wildman–Crippen MR) is 144 cm³/mol. The molecule has 0 spiro atoms. The van der Waals surface area contributed by atoms with E-state index in [0.717, 1.165) is 33.5 Å². The van der Waals surface area contributed by atoms with Gasteiger partial charge in [0.25, 0.3) is 5.56 Å². The summed E-state index contributed by atoms with van der Waals surface area (Å²) in [5, 5.41) is 13.9. The van der Waals surface area contributed by atoms with Gasteiger partial charge in [0.1, 0.15) is 11.6 Å². The molecule has 36 heavy (non-hydrogen) atoms. The van der Waals surface area contributed by atoms with E-state index in [0.29, 0.717) is 22.5 Å². The Morgan fingerprint density at radius 2 is 1.92 bits per heavy atom. The van der Waals surface area contributed by atoms with Crippen LogP contribution < -0.4 is 10.3 Å². The van der Waals surface area contributed by atoms with Gasteiger partial charge in [-0.05, 0) is 68.8 Å². The first-order chi connectivity index (χ1) is 17.2. The summed E-state index contributed by atoms with van der Waals surface area (Å²) in [6, 6.07) is 14.7. The maximum atomic E-state index is 13.4. The van der Waals surface area contributed by atoms with Crippen molar-refractivity contribution in [3.05, 3.63) is 86.1 Å². The number of aromatic nitrogens is 3. The number of aryl methyl sites for hydroxylation is 1. The average Bonchev–Trinajstić information content (AvgIpc) is 3.14. The normalized spacial score (nSPS) is 12.4. The van der Waals surface area contributed by atoms with Gasteiger partial charge in [-0.2, -0.15) is 9.78 Å². The largest absolute Gasteiger partial charge is 0.482 e. The van der Waals surface area contributed by atoms with Gasteiger partial charge in [0.05, 0.1) is 17.1 Å². The van der Waals surface area contributed by atoms with Crippen LogP contribution in [0.1, 0.15) is 49.0 Å². The molecule has 0 saturated carbocycles. The molecule has 0 aliphatic heterocycles. The Morgan fingerprint density at radius 3 is 2.58 bits per heavy atom. The predicted octanol–water partition coefficient (Wildman–Crippen LogP) is 5.43. The van der Waals surface area contributed by atoms with Crippen molar-refractivity contribution < 1.29 is 14.6 Å². The van der Waals surface area contributed by atoms with Crippen molar-refractivity contribution in [3.8, 4) is 11.4 Å². The molecule has 2 aromatic heterocycles. The van der Waals surface area contributed by atoms with Crippen LogP contribution in [0.5, 0.6) is 5.75 Å². The van der Waals surface area contributed by atoms with Crippen LogP contribution in [0.25, 0.3) is 16.6 Å². The van der Waals surface area contributed by atoms with Gasteiger partial charge in [-0.25, -0.2) is 9.78 Å². The summed E-state index contributed by atoms with van der Waals surface area (Å²) in [4.78, 5) is 28.9. The third-order valence-electron chi connectivity index (χ3n) is 6.13. The first kappa shape index (κ1) is 25.4. The number of nitrogens with zero attached hydrogens (tertiary/aromatic N) is 4. The second kappa shape index (κ2) is 10.5. The molecule has 0 fully saturated rings. The van der Waals surface area contributed by atoms with Gasteiger partial charge in [0.2, 0.25) is 0 Å². The molecule has 2 heterocycles. The highest BCUT2D eigenvalue weighted by Gasteiger charge is 2.16. The number of fused-ring (bicyclic) bond motifs is 1. The molecule has 4 aromatic rings. The quantitative estimate of drug-likeness (QED) is 0.295. The van der Waals surface area contributed by atoms with E-state index in [1.807, 2.05) is 51.1 Å². The number of hydrogen-bond donors (Lipinski definition) is 1. The summed E-state index contributed by atoms with van der Waals surface area (Å²) in [5.74, 6) is 0.138. The zero-order valence-corrected chi connectivity index (χ0v) is 22.1. The SMILES string of the molecule is CC[C@@H](C)c1nc2ccc(Br)cc2c(=O)n1N=Cc1cc(C)n(-c2ccc(OCC(=O)O)cc2)c1C. The third kappa shape index (κ3) is 5.11. The number of benzene rings is 2. The van der Waals surface area contributed by atoms with Crippen molar-refractivity contribution in [3.63, 3.8) is 0 Å². The van der Waals surface area contributed by atoms with Gasteiger partial charge in [0.15, 0.2) is 6.61 Å². The van der Waals surface area contributed by atoms with Crippen LogP contribution in [0.15, 0.2) is 62.9 Å². The Hall–Kier alpha value is -3.72. The lowest BCUT2D eigenvalue weighted by Crippen LogP contribution is -2.23. The molecule has 0 saturated heterocycles. The third-order valence-corrected chi connectivity index (χ3v) is 6.62. The fourth-order valence-electron chi connectivity index (χ4n) is 4.05. The molecule has 9 heteroatoms. The highest BCUT2D eigenvalue weighted by molar-refractivity contribution is 9.10. The Morgan fingerprint density at radius 1 is 1.19 bits per heavy atom. The molecule has 0 unspecified atom stereocenters. The van der Waals surface area contributed by atoms with Crippen molar-refractivity contribution in [2.24, 2.45) is 5.10 Å². The Balaban J connectivity index is 1.73. The topological polar surface area (TPSA) is 98.7 Å². The number of hydrogen-bond acceptors (Lipinski definition) is 5. The average molecular weight is 551 g/mol. The van der Waals surface area contributed by atoms with Crippen LogP contribution in [0.3, 0.4) is 0 Å². The number of carbonyl (C=O) groups is 1. The van der Waals surface area contributed by atoms with E-state index in [9.17, 15) is 9.59 Å². The number of carboxylic acids is 1. The van der Waals surface area contributed by atoms with Crippen molar-refractivity contribution in [1.29, 1.82) is 0 Å². The fraction of sp³-hybridized carbons (Fsp3) is 0.259. The molecule has 0 aliphatic rings. The molecule has 0 amide bonds. The molecule has 8 nitrogen and oxygen atoms in total. The molecule has 186 valence electrons. The zero-order valence-electron chi connectivity index (χ0n) is 20.5. The Kier molecular flexibility index (Phi) is 7.40. The molecule has 1 N–H and O–H groups in total. The second-order valence-electron chi connectivity index (χ2n) is 8.64. The molecular formula is C27H27BrN4O4. The van der Waals surface area contributed by atoms with E-state index in [4.69, 9.17) is 14.8 Å². The Bertz CT molecular complexity index is 1520. The summed E-state index contributed by atoms with van der Waals surface area (Å²) < 4.78 is 9.51. The lowest BCUT2D eigenvalue weighted by molar-refractivity contribution is -0.139. The summed E-state index contributed by atoms with van der Waals surface area (Å²) >= 11 is 3.44. The van der Waals surface area contributed by atoms with Crippen LogP contribution >= 0.6 is 15.9 Å². The van der Waals surface area contributed by atoms with E-state index in [1.54, 1.807) is 24.4 Å². The van der Waals surface area contributed by atoms with Crippen LogP contribution in [0.2, 0.25) is 0 Å². The summed E-state index contributed by atoms with van der Waals surface area (Å²) in [6.45, 7) is 7.68. The molecule has 0 bridgehead atoms. The van der Waals surface area contributed by atoms with E-state index < -0.39 is 5.97 Å². The van der Waals surface area contributed by atoms with Gasteiger partial charge >= 0.3 is 5.97 Å². The molecule has 1 atom stereocenters. The number of ether oxygens (including phenoxy) is 1. The van der Waals surface area contributed by atoms with E-state index >= 15 is 0 Å². The Labute approximate surface area is 217 Å². The second-order valence-corrected chi connectivity index (χ2v) is 9.56. The van der Waals surface area contributed by atoms with Gasteiger partial charge in [-0.15, -0.1) is 0 Å². The van der Waals surface area contributed by atoms with Crippen LogP contribution in [-0.4, -0.2) is 38.1 Å². The fourth-order valence-corrected chi connectivity index (χ4v) is 4.41. The lowest BCUT2D eigenvalue weighted by Gasteiger charge is -2.14. The molecule has 4 rings (SSSR count). The maximum Gasteiger partial charge on any atom is 0.341 e. The number of halogens is 1. The van der Waals surface area contributed by atoms with Gasteiger partial charge in [-0.3, -0.25) is 4.79 Å². The van der Waals surface area contributed by atoms with Crippen molar-refractivity contribution in [2.75, 3.05) is 6.61 Å². The molecule has 0 aliphatic carbocycles. The summed E-state index contributed by atoms with van der Waals surface area (Å²) in [7, 11) is 0. The van der Waals surface area contributed by atoms with Crippen molar-refractivity contribution >= 4 is 39.0 Å². The van der Waals surface area contributed by atoms with Crippen LogP contribution in [0.4, 0.5) is 0 Å². The van der Waals surface area contributed by atoms with Gasteiger partial charge in [0, 0.05) is 33.0 Å². The summed E-state index contributed by atoms with van der Waals surface area (Å²) in [5.41, 5.74) is 4.16. The van der Waals surface area contributed by atoms with Crippen LogP contribution in [0, 0.1) is 13.8 Å². The molecule has 2 aromatic carbocycles. The minimum Gasteiger partial charge on any atom is -0.482 e. The number of rotatable bonds is 8. The van der Waals surface area contributed by atoms with E-state index in [2.05, 4.69) is 32.5 Å². The monoisotopic (exact) mass is 550 g/mol.